The summed E-state index contributed by atoms with van der Waals surface area (Å²) in [6.45, 7) is 0.478. The molecule has 0 fully saturated rings. The predicted molar refractivity (Wildman–Crippen MR) is 84.3 cm³/mol. The zero-order chi connectivity index (χ0) is 15.2. The molecule has 0 aliphatic rings. The highest BCUT2D eigenvalue weighted by molar-refractivity contribution is 5.90. The van der Waals surface area contributed by atoms with Gasteiger partial charge in [-0.1, -0.05) is 24.3 Å². The number of nitrogens with one attached hydrogen (secondary N) is 1. The van der Waals surface area contributed by atoms with E-state index in [1.165, 1.54) is 0 Å². The zero-order valence-corrected chi connectivity index (χ0v) is 12.2. The van der Waals surface area contributed by atoms with Gasteiger partial charge in [-0.05, 0) is 29.8 Å². The van der Waals surface area contributed by atoms with Crippen LogP contribution >= 0.6 is 0 Å². The Kier molecular flexibility index (Phi) is 4.66. The van der Waals surface area contributed by atoms with Crippen molar-refractivity contribution in [2.75, 3.05) is 25.2 Å². The molecule has 0 spiro atoms. The van der Waals surface area contributed by atoms with Crippen molar-refractivity contribution in [3.63, 3.8) is 0 Å². The molecule has 0 saturated carbocycles. The van der Waals surface area contributed by atoms with Gasteiger partial charge < -0.3 is 20.7 Å². The van der Waals surface area contributed by atoms with Gasteiger partial charge in [-0.3, -0.25) is 0 Å². The standard InChI is InChI=1S/C16H19N3O2/c1-19(11-12-6-5-7-13(17)10-12)16(20)18-14-8-3-4-9-15(14)21-2/h3-10H,11,17H2,1-2H3,(H,18,20). The van der Waals surface area contributed by atoms with Crippen LogP contribution in [0.1, 0.15) is 5.56 Å². The smallest absolute Gasteiger partial charge is 0.321 e. The highest BCUT2D eigenvalue weighted by Crippen LogP contribution is 2.23. The molecule has 3 N–H and O–H groups in total. The number of rotatable bonds is 4. The van der Waals surface area contributed by atoms with E-state index < -0.39 is 0 Å². The van der Waals surface area contributed by atoms with E-state index in [1.807, 2.05) is 36.4 Å². The first-order chi connectivity index (χ1) is 10.1. The number of nitrogen functional groups attached to an aromatic ring is 1. The third kappa shape index (κ3) is 3.89. The van der Waals surface area contributed by atoms with Crippen molar-refractivity contribution in [2.24, 2.45) is 0 Å². The van der Waals surface area contributed by atoms with Gasteiger partial charge in [-0.15, -0.1) is 0 Å². The number of carbonyl (C=O) groups excluding carboxylic acids is 1. The summed E-state index contributed by atoms with van der Waals surface area (Å²) in [7, 11) is 3.30. The number of methoxy groups -OCH3 is 1. The number of nitrogens with two attached hydrogens (primary N) is 1. The SMILES string of the molecule is COc1ccccc1NC(=O)N(C)Cc1cccc(N)c1. The van der Waals surface area contributed by atoms with E-state index >= 15 is 0 Å². The zero-order valence-electron chi connectivity index (χ0n) is 12.2. The topological polar surface area (TPSA) is 67.6 Å². The Balaban J connectivity index is 2.02. The third-order valence-corrected chi connectivity index (χ3v) is 3.07. The minimum atomic E-state index is -0.207. The molecular weight excluding hydrogens is 266 g/mol. The molecule has 110 valence electrons. The number of nitrogens with zero attached hydrogens (tertiary/aromatic N) is 1. The maximum Gasteiger partial charge on any atom is 0.321 e. The van der Waals surface area contributed by atoms with Gasteiger partial charge in [0.2, 0.25) is 0 Å². The number of hydrogen-bond donors (Lipinski definition) is 2. The van der Waals surface area contributed by atoms with Crippen molar-refractivity contribution in [1.82, 2.24) is 4.90 Å². The van der Waals surface area contributed by atoms with Gasteiger partial charge in [-0.25, -0.2) is 4.79 Å². The van der Waals surface area contributed by atoms with Crippen LogP contribution in [0.2, 0.25) is 0 Å². The van der Waals surface area contributed by atoms with Crippen LogP contribution < -0.4 is 15.8 Å². The molecule has 0 aliphatic heterocycles. The van der Waals surface area contributed by atoms with Gasteiger partial charge in [-0.2, -0.15) is 0 Å². The van der Waals surface area contributed by atoms with E-state index in [9.17, 15) is 4.79 Å². The van der Waals surface area contributed by atoms with Gasteiger partial charge in [0.05, 0.1) is 12.8 Å². The molecule has 5 nitrogen and oxygen atoms in total. The molecule has 0 radical (unpaired) electrons. The van der Waals surface area contributed by atoms with E-state index in [4.69, 9.17) is 10.5 Å². The summed E-state index contributed by atoms with van der Waals surface area (Å²) in [5, 5.41) is 2.83. The van der Waals surface area contributed by atoms with E-state index in [-0.39, 0.29) is 6.03 Å². The van der Waals surface area contributed by atoms with Gasteiger partial charge in [0.1, 0.15) is 5.75 Å². The summed E-state index contributed by atoms with van der Waals surface area (Å²) in [4.78, 5) is 13.8. The Morgan fingerprint density at radius 2 is 2.00 bits per heavy atom. The molecule has 0 heterocycles. The monoisotopic (exact) mass is 285 g/mol. The number of benzene rings is 2. The molecule has 2 rings (SSSR count). The molecule has 0 bridgehead atoms. The Hall–Kier alpha value is -2.69. The highest BCUT2D eigenvalue weighted by Gasteiger charge is 2.11. The Bertz CT molecular complexity index is 628. The summed E-state index contributed by atoms with van der Waals surface area (Å²) < 4.78 is 5.21. The Morgan fingerprint density at radius 1 is 1.24 bits per heavy atom. The summed E-state index contributed by atoms with van der Waals surface area (Å²) in [6, 6.07) is 14.6. The molecule has 0 aliphatic carbocycles. The van der Waals surface area contributed by atoms with Crippen LogP contribution in [0.4, 0.5) is 16.2 Å². The first-order valence-corrected chi connectivity index (χ1v) is 6.59. The first kappa shape index (κ1) is 14.7. The fraction of sp³-hybridized carbons (Fsp3) is 0.188. The normalized spacial score (nSPS) is 10.0. The lowest BCUT2D eigenvalue weighted by molar-refractivity contribution is 0.220. The highest BCUT2D eigenvalue weighted by atomic mass is 16.5. The molecule has 2 aromatic rings. The van der Waals surface area contributed by atoms with Crippen molar-refractivity contribution in [2.45, 2.75) is 6.54 Å². The molecule has 2 amide bonds. The molecule has 0 unspecified atom stereocenters. The fourth-order valence-electron chi connectivity index (χ4n) is 2.00. The number of hydrogen-bond acceptors (Lipinski definition) is 3. The van der Waals surface area contributed by atoms with E-state index in [0.717, 1.165) is 5.56 Å². The van der Waals surface area contributed by atoms with Crippen LogP contribution in [0, 0.1) is 0 Å². The first-order valence-electron chi connectivity index (χ1n) is 6.59. The second-order valence-corrected chi connectivity index (χ2v) is 4.73. The van der Waals surface area contributed by atoms with Gasteiger partial charge >= 0.3 is 6.03 Å². The van der Waals surface area contributed by atoms with Gasteiger partial charge in [0.15, 0.2) is 0 Å². The summed E-state index contributed by atoms with van der Waals surface area (Å²) in [6.07, 6.45) is 0. The van der Waals surface area contributed by atoms with Crippen molar-refractivity contribution in [1.29, 1.82) is 0 Å². The quantitative estimate of drug-likeness (QED) is 0.849. The number of carbonyl (C=O) groups is 1. The van der Waals surface area contributed by atoms with E-state index in [2.05, 4.69) is 5.32 Å². The average Bonchev–Trinajstić information content (AvgIpc) is 2.47. The number of ether oxygens (including phenoxy) is 1. The lowest BCUT2D eigenvalue weighted by Crippen LogP contribution is -2.31. The largest absolute Gasteiger partial charge is 0.495 e. The molecule has 0 atom stereocenters. The van der Waals surface area contributed by atoms with E-state index in [0.29, 0.717) is 23.7 Å². The Morgan fingerprint density at radius 3 is 2.71 bits per heavy atom. The lowest BCUT2D eigenvalue weighted by Gasteiger charge is -2.19. The predicted octanol–water partition coefficient (Wildman–Crippen LogP) is 2.94. The number of amides is 2. The molecule has 2 aromatic carbocycles. The van der Waals surface area contributed by atoms with Crippen molar-refractivity contribution in [3.05, 3.63) is 54.1 Å². The minimum Gasteiger partial charge on any atom is -0.495 e. The van der Waals surface area contributed by atoms with Crippen LogP contribution in [0.3, 0.4) is 0 Å². The lowest BCUT2D eigenvalue weighted by atomic mass is 10.2. The minimum absolute atomic E-state index is 0.207. The maximum absolute atomic E-state index is 12.2. The molecular formula is C16H19N3O2. The average molecular weight is 285 g/mol. The van der Waals surface area contributed by atoms with Crippen LogP contribution in [0.5, 0.6) is 5.75 Å². The number of urea groups is 1. The second-order valence-electron chi connectivity index (χ2n) is 4.73. The maximum atomic E-state index is 12.2. The van der Waals surface area contributed by atoms with Crippen LogP contribution in [0.25, 0.3) is 0 Å². The fourth-order valence-corrected chi connectivity index (χ4v) is 2.00. The van der Waals surface area contributed by atoms with Crippen LogP contribution in [-0.4, -0.2) is 25.1 Å². The second kappa shape index (κ2) is 6.65. The van der Waals surface area contributed by atoms with Gasteiger partial charge in [0, 0.05) is 19.3 Å². The van der Waals surface area contributed by atoms with Gasteiger partial charge in [0.25, 0.3) is 0 Å². The molecule has 0 saturated heterocycles. The van der Waals surface area contributed by atoms with Crippen molar-refractivity contribution < 1.29 is 9.53 Å². The molecule has 21 heavy (non-hydrogen) atoms. The third-order valence-electron chi connectivity index (χ3n) is 3.07. The number of anilines is 2. The number of para-hydroxylation sites is 2. The molecule has 5 heteroatoms. The molecule has 0 aromatic heterocycles. The summed E-state index contributed by atoms with van der Waals surface area (Å²) >= 11 is 0. The van der Waals surface area contributed by atoms with Crippen LogP contribution in [0.15, 0.2) is 48.5 Å². The van der Waals surface area contributed by atoms with Crippen molar-refractivity contribution in [3.8, 4) is 5.75 Å². The van der Waals surface area contributed by atoms with E-state index in [1.54, 1.807) is 31.2 Å². The summed E-state index contributed by atoms with van der Waals surface area (Å²) in [5.41, 5.74) is 8.04. The Labute approximate surface area is 124 Å². The van der Waals surface area contributed by atoms with Crippen LogP contribution in [-0.2, 0) is 6.54 Å². The summed E-state index contributed by atoms with van der Waals surface area (Å²) in [5.74, 6) is 0.628. The van der Waals surface area contributed by atoms with Crippen molar-refractivity contribution >= 4 is 17.4 Å².